The van der Waals surface area contributed by atoms with Crippen molar-refractivity contribution >= 4 is 47.1 Å². The van der Waals surface area contributed by atoms with Crippen molar-refractivity contribution in [2.75, 3.05) is 69.6 Å². The molecule has 2 aromatic heterocycles. The topological polar surface area (TPSA) is 262 Å². The van der Waals surface area contributed by atoms with E-state index in [0.29, 0.717) is 70.7 Å². The van der Waals surface area contributed by atoms with E-state index in [4.69, 9.17) is 28.9 Å². The fraction of sp³-hybridized carbons (Fsp3) is 0.435. The van der Waals surface area contributed by atoms with Crippen molar-refractivity contribution in [3.05, 3.63) is 136 Å². The molecule has 3 aliphatic rings. The number of nitrogens with one attached hydrogen (secondary N) is 4. The number of carbonyl (C=O) groups excluding carboxylic acids is 6. The number of carbonyl (C=O) groups is 6. The van der Waals surface area contributed by atoms with Gasteiger partial charge in [-0.15, -0.1) is 0 Å². The average molecular weight is 1140 g/mol. The van der Waals surface area contributed by atoms with E-state index < -0.39 is 29.7 Å². The second-order valence-electron chi connectivity index (χ2n) is 20.7. The summed E-state index contributed by atoms with van der Waals surface area (Å²) in [7, 11) is 1.73. The summed E-state index contributed by atoms with van der Waals surface area (Å²) in [6.45, 7) is 4.54. The molecular formula is C62H73N9O12. The third kappa shape index (κ3) is 17.5. The Bertz CT molecular complexity index is 3100. The van der Waals surface area contributed by atoms with Crippen LogP contribution < -0.4 is 41.2 Å². The SMILES string of the molecule is Cn1cc(-c2ccc(N(C(=O)NCc3ccc(OCCOCCCCOCCCCOCCCCCNC(=O)COc4cccc5c4C(=O)N(C4CCC(=O)NC4=O)C5=O)cc3)C3CCC(Nc4ccc(C#N)cn4)CC3)cc2)ccc1=O. The molecule has 1 saturated heterocycles. The highest BCUT2D eigenvalue weighted by Gasteiger charge is 2.46. The zero-order chi connectivity index (χ0) is 58.3. The van der Waals surface area contributed by atoms with Gasteiger partial charge in [0.15, 0.2) is 6.61 Å². The van der Waals surface area contributed by atoms with Crippen LogP contribution in [0.4, 0.5) is 16.3 Å². The van der Waals surface area contributed by atoms with Crippen LogP contribution in [-0.4, -0.2) is 128 Å². The Balaban J connectivity index is 0.622. The van der Waals surface area contributed by atoms with E-state index in [-0.39, 0.29) is 65.9 Å². The number of hydrogen-bond acceptors (Lipinski definition) is 15. The van der Waals surface area contributed by atoms with E-state index in [1.165, 1.54) is 12.1 Å². The molecule has 8 rings (SSSR count). The number of piperidine rings is 1. The van der Waals surface area contributed by atoms with Crippen LogP contribution in [0.3, 0.4) is 0 Å². The van der Waals surface area contributed by atoms with Gasteiger partial charge in [0.1, 0.15) is 36.0 Å². The number of aromatic nitrogens is 2. The van der Waals surface area contributed by atoms with Gasteiger partial charge in [0.05, 0.1) is 23.3 Å². The molecule has 83 heavy (non-hydrogen) atoms. The molecule has 21 nitrogen and oxygen atoms in total. The number of nitrogens with zero attached hydrogens (tertiary/aromatic N) is 5. The molecule has 7 amide bonds. The van der Waals surface area contributed by atoms with Gasteiger partial charge in [-0.2, -0.15) is 5.26 Å². The van der Waals surface area contributed by atoms with Crippen LogP contribution in [0, 0.1) is 11.3 Å². The first kappa shape index (κ1) is 60.6. The van der Waals surface area contributed by atoms with E-state index in [0.717, 1.165) is 104 Å². The van der Waals surface area contributed by atoms with Crippen LogP contribution in [-0.2, 0) is 42.2 Å². The maximum absolute atomic E-state index is 14.1. The number of imide groups is 2. The maximum Gasteiger partial charge on any atom is 0.322 e. The number of nitriles is 1. The Hall–Kier alpha value is -8.45. The Kier molecular flexibility index (Phi) is 22.7. The quantitative estimate of drug-likeness (QED) is 0.0252. The molecule has 1 unspecified atom stereocenters. The number of anilines is 2. The normalized spacial score (nSPS) is 16.6. The Morgan fingerprint density at radius 1 is 0.711 bits per heavy atom. The molecule has 0 bridgehead atoms. The maximum atomic E-state index is 14.1. The molecule has 2 fully saturated rings. The molecule has 5 aromatic rings. The standard InChI is InChI=1S/C62H73N9O12/c1-69-41-46(17-29-57(69)74)45-15-20-48(21-16-45)70(49-22-18-47(19-23-49)67-54-27-14-44(38-63)40-65-54)62(78)66-39-43-12-24-50(25-13-43)82-37-36-81-35-8-7-34-80-33-6-5-32-79-31-4-2-3-30-64-56(73)42-83-53-11-9-10-51-58(53)61(77)71(60(51)76)52-26-28-55(72)68-59(52)75/h9-17,20-21,24-25,27,29,40-41,47,49,52H,2-8,18-19,22-23,26,28,30-37,39,42H2,1H3,(H,64,73)(H,65,67)(H,66,78)(H,68,72,75). The van der Waals surface area contributed by atoms with E-state index in [9.17, 15) is 33.6 Å². The first-order chi connectivity index (χ1) is 40.4. The number of pyridine rings is 2. The third-order valence-corrected chi connectivity index (χ3v) is 14.7. The molecule has 1 aliphatic carbocycles. The molecule has 2 aliphatic heterocycles. The number of hydrogen-bond donors (Lipinski definition) is 4. The van der Waals surface area contributed by atoms with Crippen LogP contribution >= 0.6 is 0 Å². The smallest absolute Gasteiger partial charge is 0.322 e. The van der Waals surface area contributed by atoms with E-state index in [1.54, 1.807) is 48.3 Å². The van der Waals surface area contributed by atoms with Crippen LogP contribution in [0.25, 0.3) is 11.1 Å². The molecular weight excluding hydrogens is 1060 g/mol. The minimum Gasteiger partial charge on any atom is -0.491 e. The van der Waals surface area contributed by atoms with Crippen molar-refractivity contribution in [1.82, 2.24) is 30.4 Å². The summed E-state index contributed by atoms with van der Waals surface area (Å²) >= 11 is 0. The Morgan fingerprint density at radius 2 is 1.40 bits per heavy atom. The number of urea groups is 1. The lowest BCUT2D eigenvalue weighted by Crippen LogP contribution is -2.54. The summed E-state index contributed by atoms with van der Waals surface area (Å²) < 4.78 is 30.4. The molecule has 0 spiro atoms. The van der Waals surface area contributed by atoms with Crippen LogP contribution in [0.1, 0.15) is 115 Å². The summed E-state index contributed by atoms with van der Waals surface area (Å²) in [6, 6.07) is 28.0. The zero-order valence-corrected chi connectivity index (χ0v) is 46.9. The number of rotatable bonds is 31. The largest absolute Gasteiger partial charge is 0.491 e. The number of benzene rings is 3. The number of ether oxygens (including phenoxy) is 5. The minimum atomic E-state index is -1.09. The van der Waals surface area contributed by atoms with E-state index in [2.05, 4.69) is 32.3 Å². The van der Waals surface area contributed by atoms with Crippen molar-refractivity contribution in [3.63, 3.8) is 0 Å². The van der Waals surface area contributed by atoms with E-state index >= 15 is 0 Å². The summed E-state index contributed by atoms with van der Waals surface area (Å²) in [4.78, 5) is 95.9. The lowest BCUT2D eigenvalue weighted by Gasteiger charge is -2.37. The molecule has 4 heterocycles. The number of unbranched alkanes of at least 4 members (excludes halogenated alkanes) is 4. The first-order valence-corrected chi connectivity index (χ1v) is 28.6. The van der Waals surface area contributed by atoms with Gasteiger partial charge in [-0.3, -0.25) is 43.9 Å². The predicted octanol–water partition coefficient (Wildman–Crippen LogP) is 7.21. The Morgan fingerprint density at radius 3 is 2.06 bits per heavy atom. The lowest BCUT2D eigenvalue weighted by molar-refractivity contribution is -0.136. The molecule has 1 saturated carbocycles. The van der Waals surface area contributed by atoms with Crippen LogP contribution in [0.5, 0.6) is 11.5 Å². The Labute approximate surface area is 483 Å². The highest BCUT2D eigenvalue weighted by atomic mass is 16.5. The molecule has 4 N–H and O–H groups in total. The molecule has 438 valence electrons. The second-order valence-corrected chi connectivity index (χ2v) is 20.7. The first-order valence-electron chi connectivity index (χ1n) is 28.6. The van der Waals surface area contributed by atoms with Crippen molar-refractivity contribution in [1.29, 1.82) is 5.26 Å². The van der Waals surface area contributed by atoms with Crippen LogP contribution in [0.2, 0.25) is 0 Å². The average Bonchev–Trinajstić information content (AvgIpc) is 4.01. The third-order valence-electron chi connectivity index (χ3n) is 14.7. The summed E-state index contributed by atoms with van der Waals surface area (Å²) in [5, 5.41) is 20.8. The van der Waals surface area contributed by atoms with Gasteiger partial charge in [-0.05, 0) is 148 Å². The van der Waals surface area contributed by atoms with Gasteiger partial charge < -0.3 is 44.2 Å². The zero-order valence-electron chi connectivity index (χ0n) is 46.9. The van der Waals surface area contributed by atoms with Gasteiger partial charge in [0.25, 0.3) is 17.7 Å². The molecule has 1 atom stereocenters. The molecule has 3 aromatic carbocycles. The van der Waals surface area contributed by atoms with Gasteiger partial charge in [-0.1, -0.05) is 30.3 Å². The molecule has 0 radical (unpaired) electrons. The fourth-order valence-corrected chi connectivity index (χ4v) is 10.1. The second kappa shape index (κ2) is 31.1. The lowest BCUT2D eigenvalue weighted by atomic mass is 9.89. The molecule has 21 heteroatoms. The number of fused-ring (bicyclic) bond motifs is 1. The van der Waals surface area contributed by atoms with Crippen molar-refractivity contribution < 1.29 is 52.5 Å². The van der Waals surface area contributed by atoms with Gasteiger partial charge >= 0.3 is 6.03 Å². The highest BCUT2D eigenvalue weighted by Crippen LogP contribution is 2.34. The van der Waals surface area contributed by atoms with Crippen molar-refractivity contribution in [2.45, 2.75) is 108 Å². The van der Waals surface area contributed by atoms with Gasteiger partial charge in [0.2, 0.25) is 17.4 Å². The minimum absolute atomic E-state index is 0.00380. The predicted molar refractivity (Wildman–Crippen MR) is 309 cm³/mol. The highest BCUT2D eigenvalue weighted by molar-refractivity contribution is 6.24. The monoisotopic (exact) mass is 1140 g/mol. The fourth-order valence-electron chi connectivity index (χ4n) is 10.1. The van der Waals surface area contributed by atoms with Gasteiger partial charge in [0, 0.05) is 95.8 Å². The summed E-state index contributed by atoms with van der Waals surface area (Å²) in [5.74, 6) is -1.35. The number of aryl methyl sites for hydroxylation is 1. The number of amides is 7. The van der Waals surface area contributed by atoms with Crippen LogP contribution in [0.15, 0.2) is 108 Å². The summed E-state index contributed by atoms with van der Waals surface area (Å²) in [5.41, 5.74) is 4.08. The van der Waals surface area contributed by atoms with E-state index in [1.807, 2.05) is 59.5 Å². The summed E-state index contributed by atoms with van der Waals surface area (Å²) in [6.07, 6.45) is 12.7. The van der Waals surface area contributed by atoms with Crippen molar-refractivity contribution in [3.8, 4) is 28.7 Å². The van der Waals surface area contributed by atoms with Crippen molar-refractivity contribution in [2.24, 2.45) is 7.05 Å². The van der Waals surface area contributed by atoms with Gasteiger partial charge in [-0.25, -0.2) is 9.78 Å².